The summed E-state index contributed by atoms with van der Waals surface area (Å²) in [6.45, 7) is 6.51. The van der Waals surface area contributed by atoms with Crippen LogP contribution >= 0.6 is 11.6 Å². The number of halogens is 1. The fourth-order valence-electron chi connectivity index (χ4n) is 5.62. The van der Waals surface area contributed by atoms with Gasteiger partial charge in [-0.2, -0.15) is 5.26 Å². The number of rotatable bonds is 12. The van der Waals surface area contributed by atoms with Gasteiger partial charge in [-0.25, -0.2) is 4.98 Å². The van der Waals surface area contributed by atoms with E-state index in [0.29, 0.717) is 55.1 Å². The largest absolute Gasteiger partial charge is 0.488 e. The van der Waals surface area contributed by atoms with Crippen LogP contribution in [0, 0.1) is 18.3 Å². The third kappa shape index (κ3) is 7.71. The SMILES string of the molecule is Cc1c(COc2cc(OCc3cccc(C#N)c3)c(CN[C@@H](C)Cc3cncn3C)cc2Cl)cccc1-c1ccc2c(c1)OCCO2. The summed E-state index contributed by atoms with van der Waals surface area (Å²) < 4.78 is 26.2. The van der Waals surface area contributed by atoms with Crippen molar-refractivity contribution in [2.24, 2.45) is 7.05 Å². The molecule has 0 saturated carbocycles. The summed E-state index contributed by atoms with van der Waals surface area (Å²) in [4.78, 5) is 4.23. The van der Waals surface area contributed by atoms with Crippen molar-refractivity contribution in [2.45, 2.75) is 46.1 Å². The molecule has 0 radical (unpaired) electrons. The highest BCUT2D eigenvalue weighted by Crippen LogP contribution is 2.37. The van der Waals surface area contributed by atoms with Crippen LogP contribution in [0.2, 0.25) is 5.02 Å². The lowest BCUT2D eigenvalue weighted by Gasteiger charge is -2.20. The number of nitrogens with zero attached hydrogens (tertiary/aromatic N) is 3. The van der Waals surface area contributed by atoms with Gasteiger partial charge in [0, 0.05) is 49.6 Å². The third-order valence-corrected chi connectivity index (χ3v) is 8.62. The number of fused-ring (bicyclic) bond motifs is 1. The number of aromatic nitrogens is 2. The molecule has 6 rings (SSSR count). The highest BCUT2D eigenvalue weighted by atomic mass is 35.5. The number of hydrogen-bond donors (Lipinski definition) is 1. The van der Waals surface area contributed by atoms with Crippen molar-refractivity contribution in [3.05, 3.63) is 124 Å². The number of ether oxygens (including phenoxy) is 4. The Kier molecular flexibility index (Phi) is 9.96. The van der Waals surface area contributed by atoms with Crippen LogP contribution in [0.3, 0.4) is 0 Å². The van der Waals surface area contributed by atoms with Gasteiger partial charge in [0.15, 0.2) is 11.5 Å². The number of imidazole rings is 1. The minimum Gasteiger partial charge on any atom is -0.488 e. The molecule has 0 fully saturated rings. The maximum absolute atomic E-state index is 9.34. The molecule has 0 amide bonds. The quantitative estimate of drug-likeness (QED) is 0.149. The van der Waals surface area contributed by atoms with Gasteiger partial charge in [-0.1, -0.05) is 48.0 Å². The Morgan fingerprint density at radius 1 is 0.957 bits per heavy atom. The van der Waals surface area contributed by atoms with Gasteiger partial charge in [0.2, 0.25) is 0 Å². The molecule has 0 bridgehead atoms. The second-order valence-corrected chi connectivity index (χ2v) is 12.1. The molecule has 0 spiro atoms. The van der Waals surface area contributed by atoms with Gasteiger partial charge < -0.3 is 28.8 Å². The van der Waals surface area contributed by atoms with Crippen LogP contribution in [-0.2, 0) is 33.2 Å². The maximum atomic E-state index is 9.34. The van der Waals surface area contributed by atoms with Crippen molar-refractivity contribution in [1.82, 2.24) is 14.9 Å². The molecule has 1 aromatic heterocycles. The van der Waals surface area contributed by atoms with Gasteiger partial charge in [-0.3, -0.25) is 0 Å². The highest BCUT2D eigenvalue weighted by Gasteiger charge is 2.17. The van der Waals surface area contributed by atoms with Crippen LogP contribution in [0.1, 0.15) is 40.4 Å². The Balaban J connectivity index is 1.21. The molecular formula is C38H37ClN4O4. The minimum atomic E-state index is 0.185. The van der Waals surface area contributed by atoms with E-state index in [2.05, 4.69) is 48.4 Å². The summed E-state index contributed by atoms with van der Waals surface area (Å²) in [7, 11) is 2.00. The molecule has 1 N–H and O–H groups in total. The van der Waals surface area contributed by atoms with Crippen LogP contribution in [0.5, 0.6) is 23.0 Å². The molecule has 0 aliphatic carbocycles. The lowest BCUT2D eigenvalue weighted by molar-refractivity contribution is 0.171. The number of aryl methyl sites for hydroxylation is 1. The summed E-state index contributed by atoms with van der Waals surface area (Å²) in [5.41, 5.74) is 7.84. The van der Waals surface area contributed by atoms with E-state index in [4.69, 9.17) is 30.5 Å². The van der Waals surface area contributed by atoms with E-state index in [-0.39, 0.29) is 6.04 Å². The first-order chi connectivity index (χ1) is 22.9. The first-order valence-corrected chi connectivity index (χ1v) is 16.0. The standard InChI is InChI=1S/C38H37ClN4O4/c1-25(14-32-21-41-24-43(32)3)42-20-31-16-34(39)37(18-36(31)46-22-28-7-4-6-27(15-28)19-40)47-23-30-8-5-9-33(26(30)2)29-10-11-35-38(17-29)45-13-12-44-35/h4-11,15-18,21,24-25,42H,12-14,20,22-23H2,1-3H3/t25-/m0/s1. The molecule has 9 heteroatoms. The number of nitriles is 1. The average Bonchev–Trinajstić information content (AvgIpc) is 3.50. The third-order valence-electron chi connectivity index (χ3n) is 8.32. The fraction of sp³-hybridized carbons (Fsp3) is 0.263. The minimum absolute atomic E-state index is 0.185. The zero-order valence-corrected chi connectivity index (χ0v) is 27.5. The van der Waals surface area contributed by atoms with Gasteiger partial charge in [-0.05, 0) is 72.0 Å². The van der Waals surface area contributed by atoms with E-state index >= 15 is 0 Å². The van der Waals surface area contributed by atoms with Crippen molar-refractivity contribution >= 4 is 11.6 Å². The normalized spacial score (nSPS) is 12.7. The average molecular weight is 649 g/mol. The van der Waals surface area contributed by atoms with Crippen LogP contribution < -0.4 is 24.3 Å². The molecule has 240 valence electrons. The molecule has 47 heavy (non-hydrogen) atoms. The molecule has 0 unspecified atom stereocenters. The first-order valence-electron chi connectivity index (χ1n) is 15.6. The lowest BCUT2D eigenvalue weighted by atomic mass is 9.96. The lowest BCUT2D eigenvalue weighted by Crippen LogP contribution is -2.28. The molecule has 4 aromatic carbocycles. The van der Waals surface area contributed by atoms with Gasteiger partial charge in [-0.15, -0.1) is 0 Å². The van der Waals surface area contributed by atoms with Crippen molar-refractivity contribution in [3.8, 4) is 40.2 Å². The summed E-state index contributed by atoms with van der Waals surface area (Å²) in [6.07, 6.45) is 4.52. The molecule has 0 saturated heterocycles. The van der Waals surface area contributed by atoms with Crippen LogP contribution in [-0.4, -0.2) is 28.8 Å². The van der Waals surface area contributed by atoms with E-state index in [9.17, 15) is 5.26 Å². The Morgan fingerprint density at radius 2 is 1.77 bits per heavy atom. The van der Waals surface area contributed by atoms with E-state index in [0.717, 1.165) is 57.0 Å². The maximum Gasteiger partial charge on any atom is 0.161 e. The predicted molar refractivity (Wildman–Crippen MR) is 182 cm³/mol. The first kappa shape index (κ1) is 32.0. The van der Waals surface area contributed by atoms with Gasteiger partial charge in [0.05, 0.1) is 23.0 Å². The molecule has 1 aliphatic heterocycles. The highest BCUT2D eigenvalue weighted by molar-refractivity contribution is 6.32. The van der Waals surface area contributed by atoms with Gasteiger partial charge >= 0.3 is 0 Å². The van der Waals surface area contributed by atoms with Crippen molar-refractivity contribution in [1.29, 1.82) is 5.26 Å². The molecule has 1 aliphatic rings. The van der Waals surface area contributed by atoms with E-state index in [1.165, 1.54) is 0 Å². The van der Waals surface area contributed by atoms with E-state index in [1.807, 2.05) is 72.7 Å². The number of hydrogen-bond acceptors (Lipinski definition) is 7. The summed E-state index contributed by atoms with van der Waals surface area (Å²) in [5, 5.41) is 13.4. The second kappa shape index (κ2) is 14.6. The van der Waals surface area contributed by atoms with Crippen molar-refractivity contribution < 1.29 is 18.9 Å². The Bertz CT molecular complexity index is 1910. The zero-order valence-electron chi connectivity index (χ0n) is 26.8. The van der Waals surface area contributed by atoms with Crippen LogP contribution in [0.25, 0.3) is 11.1 Å². The Hall–Kier alpha value is -4.97. The fourth-order valence-corrected chi connectivity index (χ4v) is 5.86. The molecule has 8 nitrogen and oxygen atoms in total. The second-order valence-electron chi connectivity index (χ2n) is 11.7. The molecular weight excluding hydrogens is 612 g/mol. The Labute approximate surface area is 280 Å². The summed E-state index contributed by atoms with van der Waals surface area (Å²) >= 11 is 6.83. The molecule has 5 aromatic rings. The monoisotopic (exact) mass is 648 g/mol. The number of benzene rings is 4. The van der Waals surface area contributed by atoms with Gasteiger partial charge in [0.1, 0.15) is 37.9 Å². The zero-order chi connectivity index (χ0) is 32.8. The van der Waals surface area contributed by atoms with E-state index in [1.54, 1.807) is 6.07 Å². The summed E-state index contributed by atoms with van der Waals surface area (Å²) in [5.74, 6) is 2.72. The molecule has 2 heterocycles. The van der Waals surface area contributed by atoms with Crippen LogP contribution in [0.4, 0.5) is 0 Å². The van der Waals surface area contributed by atoms with Crippen molar-refractivity contribution in [2.75, 3.05) is 13.2 Å². The topological polar surface area (TPSA) is 90.6 Å². The van der Waals surface area contributed by atoms with Gasteiger partial charge in [0.25, 0.3) is 0 Å². The molecule has 1 atom stereocenters. The smallest absolute Gasteiger partial charge is 0.161 e. The van der Waals surface area contributed by atoms with Crippen LogP contribution in [0.15, 0.2) is 85.3 Å². The Morgan fingerprint density at radius 3 is 2.57 bits per heavy atom. The van der Waals surface area contributed by atoms with Crippen molar-refractivity contribution in [3.63, 3.8) is 0 Å². The van der Waals surface area contributed by atoms with E-state index < -0.39 is 0 Å². The number of nitrogens with one attached hydrogen (secondary N) is 1. The predicted octanol–water partition coefficient (Wildman–Crippen LogP) is 7.57. The summed E-state index contributed by atoms with van der Waals surface area (Å²) in [6, 6.07) is 25.8.